The van der Waals surface area contributed by atoms with Gasteiger partial charge in [-0.1, -0.05) is 12.1 Å². The highest BCUT2D eigenvalue weighted by molar-refractivity contribution is 7.10. The summed E-state index contributed by atoms with van der Waals surface area (Å²) in [6.07, 6.45) is 1.06. The molecule has 116 valence electrons. The molecule has 0 radical (unpaired) electrons. The number of fused-ring (bicyclic) bond motifs is 1. The van der Waals surface area contributed by atoms with E-state index in [1.165, 1.54) is 15.3 Å². The summed E-state index contributed by atoms with van der Waals surface area (Å²) < 4.78 is 5.27. The molecule has 1 aromatic heterocycles. The van der Waals surface area contributed by atoms with Crippen molar-refractivity contribution in [3.8, 4) is 5.75 Å². The van der Waals surface area contributed by atoms with Gasteiger partial charge in [0.1, 0.15) is 11.8 Å². The Morgan fingerprint density at radius 3 is 3.05 bits per heavy atom. The summed E-state index contributed by atoms with van der Waals surface area (Å²) in [6.45, 7) is 3.69. The molecule has 5 heteroatoms. The SMILES string of the molecule is COc1ccccc1NC(=O)C[NH+]1CCc2sccc2[C@@H]1C. The molecule has 2 heterocycles. The van der Waals surface area contributed by atoms with E-state index in [4.69, 9.17) is 4.74 Å². The molecule has 1 aliphatic heterocycles. The summed E-state index contributed by atoms with van der Waals surface area (Å²) in [4.78, 5) is 15.2. The molecule has 1 aliphatic rings. The van der Waals surface area contributed by atoms with E-state index in [1.807, 2.05) is 35.6 Å². The number of amides is 1. The lowest BCUT2D eigenvalue weighted by atomic mass is 10.0. The van der Waals surface area contributed by atoms with Crippen molar-refractivity contribution in [2.24, 2.45) is 0 Å². The van der Waals surface area contributed by atoms with Crippen LogP contribution in [-0.4, -0.2) is 26.1 Å². The van der Waals surface area contributed by atoms with Gasteiger partial charge >= 0.3 is 0 Å². The Bertz CT molecular complexity index is 668. The second-order valence-corrected chi connectivity index (χ2v) is 6.60. The van der Waals surface area contributed by atoms with Gasteiger partial charge in [0.25, 0.3) is 5.91 Å². The largest absolute Gasteiger partial charge is 0.495 e. The highest BCUT2D eigenvalue weighted by atomic mass is 32.1. The lowest BCUT2D eigenvalue weighted by molar-refractivity contribution is -0.923. The standard InChI is InChI=1S/C17H20N2O2S/c1-12-13-8-10-22-16(13)7-9-19(12)11-17(20)18-14-5-3-4-6-15(14)21-2/h3-6,8,10,12H,7,9,11H2,1-2H3,(H,18,20)/p+1/t12-/m0/s1. The van der Waals surface area contributed by atoms with Crippen LogP contribution in [-0.2, 0) is 11.2 Å². The molecule has 0 aliphatic carbocycles. The first-order chi connectivity index (χ1) is 10.7. The van der Waals surface area contributed by atoms with Gasteiger partial charge in [-0.3, -0.25) is 4.79 Å². The first-order valence-corrected chi connectivity index (χ1v) is 8.40. The van der Waals surface area contributed by atoms with Crippen LogP contribution in [0.15, 0.2) is 35.7 Å². The molecule has 1 aromatic carbocycles. The summed E-state index contributed by atoms with van der Waals surface area (Å²) in [7, 11) is 1.61. The molecule has 4 nitrogen and oxygen atoms in total. The van der Waals surface area contributed by atoms with Gasteiger partial charge in [-0.2, -0.15) is 0 Å². The zero-order valence-electron chi connectivity index (χ0n) is 12.9. The molecule has 0 saturated carbocycles. The molecule has 0 saturated heterocycles. The van der Waals surface area contributed by atoms with E-state index in [-0.39, 0.29) is 5.91 Å². The normalized spacial score (nSPS) is 20.3. The van der Waals surface area contributed by atoms with Gasteiger partial charge in [-0.15, -0.1) is 11.3 Å². The maximum absolute atomic E-state index is 12.4. The molecule has 2 atom stereocenters. The predicted octanol–water partition coefficient (Wildman–Crippen LogP) is 1.90. The zero-order valence-corrected chi connectivity index (χ0v) is 13.7. The van der Waals surface area contributed by atoms with Crippen molar-refractivity contribution in [3.63, 3.8) is 0 Å². The van der Waals surface area contributed by atoms with Gasteiger partial charge in [-0.05, 0) is 30.5 Å². The Balaban J connectivity index is 1.65. The van der Waals surface area contributed by atoms with Gasteiger partial charge in [0.05, 0.1) is 19.3 Å². The zero-order chi connectivity index (χ0) is 15.5. The topological polar surface area (TPSA) is 42.8 Å². The summed E-state index contributed by atoms with van der Waals surface area (Å²) >= 11 is 1.83. The molecule has 0 fully saturated rings. The van der Waals surface area contributed by atoms with Crippen LogP contribution in [0.2, 0.25) is 0 Å². The van der Waals surface area contributed by atoms with Crippen LogP contribution < -0.4 is 15.0 Å². The second kappa shape index (κ2) is 6.50. The Hall–Kier alpha value is -1.85. The lowest BCUT2D eigenvalue weighted by Gasteiger charge is -2.29. The average Bonchev–Trinajstić information content (AvgIpc) is 3.00. The first kappa shape index (κ1) is 15.1. The highest BCUT2D eigenvalue weighted by Crippen LogP contribution is 2.25. The molecule has 0 spiro atoms. The minimum Gasteiger partial charge on any atom is -0.495 e. The molecule has 3 rings (SSSR count). The van der Waals surface area contributed by atoms with E-state index in [1.54, 1.807) is 7.11 Å². The van der Waals surface area contributed by atoms with Crippen molar-refractivity contribution >= 4 is 22.9 Å². The maximum Gasteiger partial charge on any atom is 0.279 e. The lowest BCUT2D eigenvalue weighted by Crippen LogP contribution is -3.14. The highest BCUT2D eigenvalue weighted by Gasteiger charge is 2.29. The fourth-order valence-electron chi connectivity index (χ4n) is 3.04. The number of thiophene rings is 1. The molecule has 2 aromatic rings. The van der Waals surface area contributed by atoms with Crippen LogP contribution in [0.25, 0.3) is 0 Å². The smallest absolute Gasteiger partial charge is 0.279 e. The third kappa shape index (κ3) is 3.00. The monoisotopic (exact) mass is 317 g/mol. The number of benzene rings is 1. The fourth-order valence-corrected chi connectivity index (χ4v) is 4.02. The summed E-state index contributed by atoms with van der Waals surface area (Å²) in [5, 5.41) is 5.12. The Morgan fingerprint density at radius 1 is 1.41 bits per heavy atom. The van der Waals surface area contributed by atoms with Gasteiger partial charge < -0.3 is 15.0 Å². The summed E-state index contributed by atoms with van der Waals surface area (Å²) in [5.41, 5.74) is 2.13. The van der Waals surface area contributed by atoms with Crippen LogP contribution in [0.4, 0.5) is 5.69 Å². The number of hydrogen-bond donors (Lipinski definition) is 2. The predicted molar refractivity (Wildman–Crippen MR) is 88.8 cm³/mol. The van der Waals surface area contributed by atoms with Crippen molar-refractivity contribution in [2.75, 3.05) is 25.5 Å². The quantitative estimate of drug-likeness (QED) is 0.904. The third-order valence-electron chi connectivity index (χ3n) is 4.30. The number of anilines is 1. The van der Waals surface area contributed by atoms with Crippen molar-refractivity contribution in [3.05, 3.63) is 46.2 Å². The van der Waals surface area contributed by atoms with E-state index in [2.05, 4.69) is 23.7 Å². The molecular weight excluding hydrogens is 296 g/mol. The Labute approximate surface area is 134 Å². The molecule has 1 unspecified atom stereocenters. The second-order valence-electron chi connectivity index (χ2n) is 5.60. The van der Waals surface area contributed by atoms with E-state index in [0.29, 0.717) is 18.3 Å². The van der Waals surface area contributed by atoms with Crippen LogP contribution in [0.5, 0.6) is 5.75 Å². The van der Waals surface area contributed by atoms with Gasteiger partial charge in [-0.25, -0.2) is 0 Å². The number of para-hydroxylation sites is 2. The number of carbonyl (C=O) groups excluding carboxylic acids is 1. The van der Waals surface area contributed by atoms with Crippen molar-refractivity contribution in [1.82, 2.24) is 0 Å². The van der Waals surface area contributed by atoms with E-state index < -0.39 is 0 Å². The van der Waals surface area contributed by atoms with Crippen LogP contribution in [0.3, 0.4) is 0 Å². The number of nitrogens with one attached hydrogen (secondary N) is 2. The minimum absolute atomic E-state index is 0.0324. The summed E-state index contributed by atoms with van der Waals surface area (Å²) in [6, 6.07) is 10.1. The van der Waals surface area contributed by atoms with Gasteiger partial charge in [0.15, 0.2) is 6.54 Å². The molecule has 22 heavy (non-hydrogen) atoms. The Kier molecular flexibility index (Phi) is 4.45. The van der Waals surface area contributed by atoms with Gasteiger partial charge in [0, 0.05) is 16.9 Å². The first-order valence-electron chi connectivity index (χ1n) is 7.52. The van der Waals surface area contributed by atoms with Crippen LogP contribution >= 0.6 is 11.3 Å². The van der Waals surface area contributed by atoms with Gasteiger partial charge in [0.2, 0.25) is 0 Å². The molecule has 2 N–H and O–H groups in total. The number of ether oxygens (including phenoxy) is 1. The molecular formula is C17H21N2O2S+. The van der Waals surface area contributed by atoms with E-state index in [0.717, 1.165) is 18.7 Å². The maximum atomic E-state index is 12.4. The van der Waals surface area contributed by atoms with Crippen LogP contribution in [0, 0.1) is 0 Å². The van der Waals surface area contributed by atoms with Crippen molar-refractivity contribution in [2.45, 2.75) is 19.4 Å². The average molecular weight is 317 g/mol. The van der Waals surface area contributed by atoms with Crippen molar-refractivity contribution in [1.29, 1.82) is 0 Å². The number of hydrogen-bond acceptors (Lipinski definition) is 3. The number of rotatable bonds is 4. The van der Waals surface area contributed by atoms with E-state index >= 15 is 0 Å². The fraction of sp³-hybridized carbons (Fsp3) is 0.353. The Morgan fingerprint density at radius 2 is 2.23 bits per heavy atom. The van der Waals surface area contributed by atoms with Crippen molar-refractivity contribution < 1.29 is 14.4 Å². The number of methoxy groups -OCH3 is 1. The third-order valence-corrected chi connectivity index (χ3v) is 5.30. The summed E-state index contributed by atoms with van der Waals surface area (Å²) in [5.74, 6) is 0.725. The molecule has 0 bridgehead atoms. The van der Waals surface area contributed by atoms with Crippen LogP contribution in [0.1, 0.15) is 23.4 Å². The molecule has 1 amide bonds. The minimum atomic E-state index is 0.0324. The van der Waals surface area contributed by atoms with E-state index in [9.17, 15) is 4.79 Å². The number of carbonyl (C=O) groups is 1. The number of quaternary nitrogens is 1.